The molecule has 0 bridgehead atoms. The van der Waals surface area contributed by atoms with Gasteiger partial charge < -0.3 is 11.1 Å². The molecule has 0 radical (unpaired) electrons. The van der Waals surface area contributed by atoms with Crippen LogP contribution in [0.3, 0.4) is 0 Å². The van der Waals surface area contributed by atoms with Crippen LogP contribution in [0.1, 0.15) is 59.4 Å². The van der Waals surface area contributed by atoms with Crippen LogP contribution in [0.25, 0.3) is 0 Å². The van der Waals surface area contributed by atoms with Crippen LogP contribution in [0.15, 0.2) is 0 Å². The van der Waals surface area contributed by atoms with Crippen LogP contribution in [0.2, 0.25) is 0 Å². The molecule has 4 nitrogen and oxygen atoms in total. The first-order chi connectivity index (χ1) is 9.10. The Morgan fingerprint density at radius 1 is 1.47 bits per heavy atom. The third-order valence-electron chi connectivity index (χ3n) is 3.84. The van der Waals surface area contributed by atoms with Crippen LogP contribution in [-0.4, -0.2) is 23.0 Å². The van der Waals surface area contributed by atoms with Gasteiger partial charge in [0.05, 0.1) is 16.2 Å². The van der Waals surface area contributed by atoms with Gasteiger partial charge in [0.2, 0.25) is 0 Å². The molecule has 1 saturated carbocycles. The topological polar surface area (TPSA) is 68.0 Å². The van der Waals surface area contributed by atoms with E-state index in [9.17, 15) is 4.79 Å². The lowest BCUT2D eigenvalue weighted by Gasteiger charge is -2.28. The number of carbonyl (C=O) groups excluding carboxylic acids is 1. The van der Waals surface area contributed by atoms with Crippen molar-refractivity contribution >= 4 is 17.2 Å². The van der Waals surface area contributed by atoms with Crippen molar-refractivity contribution < 1.29 is 4.79 Å². The van der Waals surface area contributed by atoms with E-state index < -0.39 is 0 Å². The van der Waals surface area contributed by atoms with Gasteiger partial charge >= 0.3 is 0 Å². The van der Waals surface area contributed by atoms with E-state index in [1.165, 1.54) is 11.3 Å². The van der Waals surface area contributed by atoms with E-state index in [0.717, 1.165) is 54.1 Å². The van der Waals surface area contributed by atoms with E-state index in [1.54, 1.807) is 0 Å². The number of hydrogen-bond donors (Lipinski definition) is 2. The first-order valence-electron chi connectivity index (χ1n) is 7.09. The molecule has 3 N–H and O–H groups in total. The van der Waals surface area contributed by atoms with Crippen molar-refractivity contribution in [2.45, 2.75) is 57.9 Å². The molecule has 5 heteroatoms. The third-order valence-corrected chi connectivity index (χ3v) is 5.06. The number of hydrogen-bond acceptors (Lipinski definition) is 4. The number of nitrogens with zero attached hydrogens (tertiary/aromatic N) is 1. The summed E-state index contributed by atoms with van der Waals surface area (Å²) in [6.45, 7) is 4.56. The average molecular weight is 281 g/mol. The fraction of sp³-hybridized carbons (Fsp3) is 0.714. The van der Waals surface area contributed by atoms with Gasteiger partial charge in [-0.2, -0.15) is 0 Å². The predicted molar refractivity (Wildman–Crippen MR) is 78.6 cm³/mol. The monoisotopic (exact) mass is 281 g/mol. The summed E-state index contributed by atoms with van der Waals surface area (Å²) in [5, 5.41) is 4.22. The van der Waals surface area contributed by atoms with Crippen LogP contribution >= 0.6 is 11.3 Å². The van der Waals surface area contributed by atoms with Crippen LogP contribution in [0.5, 0.6) is 0 Å². The van der Waals surface area contributed by atoms with Crippen molar-refractivity contribution in [2.24, 2.45) is 5.73 Å². The highest BCUT2D eigenvalue weighted by Gasteiger charge is 2.34. The van der Waals surface area contributed by atoms with Gasteiger partial charge in [-0.05, 0) is 32.6 Å². The summed E-state index contributed by atoms with van der Waals surface area (Å²) < 4.78 is 0. The van der Waals surface area contributed by atoms with E-state index in [4.69, 9.17) is 5.73 Å². The summed E-state index contributed by atoms with van der Waals surface area (Å²) in [7, 11) is 0. The molecule has 1 aliphatic rings. The average Bonchev–Trinajstić information content (AvgIpc) is 2.97. The Morgan fingerprint density at radius 3 is 2.74 bits per heavy atom. The zero-order valence-corrected chi connectivity index (χ0v) is 12.6. The third kappa shape index (κ3) is 3.15. The number of aryl methyl sites for hydroxylation is 2. The summed E-state index contributed by atoms with van der Waals surface area (Å²) in [6, 6.07) is 0. The lowest BCUT2D eigenvalue weighted by molar-refractivity contribution is 0.0906. The Kier molecular flexibility index (Phi) is 4.58. The van der Waals surface area contributed by atoms with Gasteiger partial charge in [-0.15, -0.1) is 11.3 Å². The highest BCUT2D eigenvalue weighted by molar-refractivity contribution is 7.13. The Hall–Kier alpha value is -0.940. The summed E-state index contributed by atoms with van der Waals surface area (Å²) in [6.07, 6.45) is 6.30. The van der Waals surface area contributed by atoms with Crippen LogP contribution in [-0.2, 0) is 6.42 Å². The number of aromatic nitrogens is 1. The molecule has 1 amide bonds. The molecule has 0 aromatic carbocycles. The van der Waals surface area contributed by atoms with Gasteiger partial charge in [-0.3, -0.25) is 4.79 Å². The largest absolute Gasteiger partial charge is 0.345 e. The molecule has 19 heavy (non-hydrogen) atoms. The molecule has 106 valence electrons. The molecule has 0 aliphatic heterocycles. The molecule has 0 spiro atoms. The van der Waals surface area contributed by atoms with Crippen LogP contribution in [0.4, 0.5) is 0 Å². The summed E-state index contributed by atoms with van der Waals surface area (Å²) in [5.74, 6) is 0.00435. The zero-order valence-electron chi connectivity index (χ0n) is 11.8. The smallest absolute Gasteiger partial charge is 0.263 e. The minimum atomic E-state index is -0.182. The van der Waals surface area contributed by atoms with Crippen molar-refractivity contribution in [3.05, 3.63) is 15.6 Å². The van der Waals surface area contributed by atoms with Crippen LogP contribution < -0.4 is 11.1 Å². The van der Waals surface area contributed by atoms with Crippen molar-refractivity contribution in [2.75, 3.05) is 6.54 Å². The van der Waals surface area contributed by atoms with Crippen molar-refractivity contribution in [1.82, 2.24) is 10.3 Å². The number of thiazole rings is 1. The minimum absolute atomic E-state index is 0.00435. The molecular weight excluding hydrogens is 258 g/mol. The molecular formula is C14H23N3OS. The van der Waals surface area contributed by atoms with E-state index in [0.29, 0.717) is 6.54 Å². The number of amides is 1. The van der Waals surface area contributed by atoms with E-state index >= 15 is 0 Å². The Balaban J connectivity index is 2.11. The van der Waals surface area contributed by atoms with Gasteiger partial charge in [-0.1, -0.05) is 19.8 Å². The predicted octanol–water partition coefficient (Wildman–Crippen LogP) is 2.41. The van der Waals surface area contributed by atoms with Gasteiger partial charge in [0.25, 0.3) is 5.91 Å². The lowest BCUT2D eigenvalue weighted by atomic mass is 9.98. The van der Waals surface area contributed by atoms with Gasteiger partial charge in [0.1, 0.15) is 4.88 Å². The van der Waals surface area contributed by atoms with Crippen LogP contribution in [0, 0.1) is 6.92 Å². The minimum Gasteiger partial charge on any atom is -0.345 e. The first kappa shape index (κ1) is 14.5. The van der Waals surface area contributed by atoms with Crippen molar-refractivity contribution in [1.29, 1.82) is 0 Å². The maximum Gasteiger partial charge on any atom is 0.263 e. The molecule has 2 rings (SSSR count). The fourth-order valence-corrected chi connectivity index (χ4v) is 3.77. The maximum atomic E-state index is 12.4. The summed E-state index contributed by atoms with van der Waals surface area (Å²) in [4.78, 5) is 17.6. The van der Waals surface area contributed by atoms with Gasteiger partial charge in [-0.25, -0.2) is 4.98 Å². The molecule has 1 aromatic heterocycles. The van der Waals surface area contributed by atoms with Gasteiger partial charge in [0.15, 0.2) is 0 Å². The summed E-state index contributed by atoms with van der Waals surface area (Å²) in [5.41, 5.74) is 6.52. The molecule has 1 fully saturated rings. The molecule has 1 heterocycles. The van der Waals surface area contributed by atoms with E-state index in [-0.39, 0.29) is 11.4 Å². The lowest BCUT2D eigenvalue weighted by Crippen LogP contribution is -2.51. The second kappa shape index (κ2) is 6.01. The Bertz CT molecular complexity index is 450. The fourth-order valence-electron chi connectivity index (χ4n) is 2.71. The Labute approximate surface area is 118 Å². The van der Waals surface area contributed by atoms with E-state index in [1.807, 2.05) is 6.92 Å². The summed E-state index contributed by atoms with van der Waals surface area (Å²) >= 11 is 1.52. The number of carbonyl (C=O) groups is 1. The first-order valence-corrected chi connectivity index (χ1v) is 7.91. The highest BCUT2D eigenvalue weighted by Crippen LogP contribution is 2.29. The van der Waals surface area contributed by atoms with Crippen molar-refractivity contribution in [3.63, 3.8) is 0 Å². The highest BCUT2D eigenvalue weighted by atomic mass is 32.1. The SMILES string of the molecule is CCCc1nc(C)c(C(=O)NC2(CN)CCCC2)s1. The number of nitrogens with one attached hydrogen (secondary N) is 1. The normalized spacial score (nSPS) is 17.6. The molecule has 0 saturated heterocycles. The molecule has 0 atom stereocenters. The number of nitrogens with two attached hydrogens (primary N) is 1. The van der Waals surface area contributed by atoms with Gasteiger partial charge in [0, 0.05) is 6.54 Å². The second-order valence-corrected chi connectivity index (χ2v) is 6.50. The standard InChI is InChI=1S/C14H23N3OS/c1-3-6-11-16-10(2)12(19-11)13(18)17-14(9-15)7-4-5-8-14/h3-9,15H2,1-2H3,(H,17,18). The maximum absolute atomic E-state index is 12.4. The Morgan fingerprint density at radius 2 is 2.16 bits per heavy atom. The molecule has 0 unspecified atom stereocenters. The van der Waals surface area contributed by atoms with E-state index in [2.05, 4.69) is 17.2 Å². The molecule has 1 aliphatic carbocycles. The second-order valence-electron chi connectivity index (χ2n) is 5.42. The zero-order chi connectivity index (χ0) is 13.9. The quantitative estimate of drug-likeness (QED) is 0.871. The number of rotatable bonds is 5. The van der Waals surface area contributed by atoms with Crippen molar-refractivity contribution in [3.8, 4) is 0 Å². The molecule has 1 aromatic rings.